The van der Waals surface area contributed by atoms with Gasteiger partial charge in [0, 0.05) is 5.92 Å². The molecule has 0 amide bonds. The summed E-state index contributed by atoms with van der Waals surface area (Å²) in [6.07, 6.45) is -10.6. The van der Waals surface area contributed by atoms with E-state index >= 15 is 0 Å². The topological polar surface area (TPSA) is 37.3 Å². The number of hydrogen-bond donors (Lipinski definition) is 1. The summed E-state index contributed by atoms with van der Waals surface area (Å²) in [6, 6.07) is 0. The Balaban J connectivity index is 3.37. The second-order valence-corrected chi connectivity index (χ2v) is 4.45. The fraction of sp³-hybridized carbons (Fsp3) is 0.700. The van der Waals surface area contributed by atoms with Gasteiger partial charge >= 0.3 is 18.3 Å². The first-order valence-electron chi connectivity index (χ1n) is 4.88. The summed E-state index contributed by atoms with van der Waals surface area (Å²) in [5, 5.41) is 8.57. The highest BCUT2D eigenvalue weighted by Crippen LogP contribution is 2.74. The third-order valence-electron chi connectivity index (χ3n) is 2.98. The summed E-state index contributed by atoms with van der Waals surface area (Å²) in [7, 11) is 0. The fourth-order valence-corrected chi connectivity index (χ4v) is 2.24. The molecule has 0 saturated heterocycles. The van der Waals surface area contributed by atoms with Gasteiger partial charge in [0.2, 0.25) is 0 Å². The van der Waals surface area contributed by atoms with E-state index in [1.807, 2.05) is 0 Å². The summed E-state index contributed by atoms with van der Waals surface area (Å²) >= 11 is 0. The second-order valence-electron chi connectivity index (χ2n) is 4.45. The average Bonchev–Trinajstić information content (AvgIpc) is 2.70. The molecule has 0 heterocycles. The molecule has 8 heteroatoms. The van der Waals surface area contributed by atoms with Crippen molar-refractivity contribution in [2.24, 2.45) is 17.3 Å². The van der Waals surface area contributed by atoms with Crippen LogP contribution in [0.3, 0.4) is 0 Å². The van der Waals surface area contributed by atoms with Gasteiger partial charge in [-0.15, -0.1) is 0 Å². The van der Waals surface area contributed by atoms with Gasteiger partial charge in [0.1, 0.15) is 0 Å². The van der Waals surface area contributed by atoms with Crippen LogP contribution in [0.2, 0.25) is 0 Å². The third-order valence-corrected chi connectivity index (χ3v) is 2.98. The standard InChI is InChI=1S/C10H10F6O2/c1-4(2)3-5-6(7(17)18)8(5,9(11,12)13)10(14,15)16/h3,5-6H,1-2H3,(H,17,18). The molecule has 0 aliphatic heterocycles. The molecular formula is C10H10F6O2. The first kappa shape index (κ1) is 14.8. The number of carboxylic acid groups (broad SMARTS) is 1. The molecule has 1 fully saturated rings. The lowest BCUT2D eigenvalue weighted by atomic mass is 9.99. The van der Waals surface area contributed by atoms with Gasteiger partial charge in [0.25, 0.3) is 0 Å². The van der Waals surface area contributed by atoms with Crippen LogP contribution in [0, 0.1) is 17.3 Å². The Morgan fingerprint density at radius 2 is 1.50 bits per heavy atom. The largest absolute Gasteiger partial charge is 0.481 e. The van der Waals surface area contributed by atoms with E-state index in [1.54, 1.807) is 0 Å². The van der Waals surface area contributed by atoms with E-state index in [1.165, 1.54) is 13.8 Å². The number of allylic oxidation sites excluding steroid dienone is 2. The summed E-state index contributed by atoms with van der Waals surface area (Å²) in [6.45, 7) is 2.63. The molecule has 1 aliphatic carbocycles. The Morgan fingerprint density at radius 3 is 1.67 bits per heavy atom. The van der Waals surface area contributed by atoms with E-state index in [2.05, 4.69) is 0 Å². The number of carboxylic acids is 1. The number of hydrogen-bond acceptors (Lipinski definition) is 1. The van der Waals surface area contributed by atoms with Gasteiger partial charge in [0.05, 0.1) is 5.92 Å². The number of carbonyl (C=O) groups is 1. The minimum absolute atomic E-state index is 0.210. The van der Waals surface area contributed by atoms with Crippen LogP contribution < -0.4 is 0 Å². The minimum atomic E-state index is -5.65. The first-order valence-corrected chi connectivity index (χ1v) is 4.88. The van der Waals surface area contributed by atoms with Gasteiger partial charge in [-0.05, 0) is 13.8 Å². The van der Waals surface area contributed by atoms with Crippen molar-refractivity contribution >= 4 is 5.97 Å². The Kier molecular flexibility index (Phi) is 3.21. The van der Waals surface area contributed by atoms with Gasteiger partial charge in [0.15, 0.2) is 5.41 Å². The molecule has 0 aromatic carbocycles. The highest BCUT2D eigenvalue weighted by molar-refractivity contribution is 5.77. The van der Waals surface area contributed by atoms with Crippen molar-refractivity contribution in [2.75, 3.05) is 0 Å². The number of halogens is 6. The fourth-order valence-electron chi connectivity index (χ4n) is 2.24. The van der Waals surface area contributed by atoms with Crippen molar-refractivity contribution in [3.05, 3.63) is 11.6 Å². The van der Waals surface area contributed by atoms with Crippen LogP contribution >= 0.6 is 0 Å². The van der Waals surface area contributed by atoms with Crippen LogP contribution in [0.4, 0.5) is 26.3 Å². The SMILES string of the molecule is CC(C)=CC1C(C(=O)O)C1(C(F)(F)F)C(F)(F)F. The summed E-state index contributed by atoms with van der Waals surface area (Å²) in [5.41, 5.74) is -3.95. The summed E-state index contributed by atoms with van der Waals surface area (Å²) < 4.78 is 76.1. The highest BCUT2D eigenvalue weighted by Gasteiger charge is 2.91. The van der Waals surface area contributed by atoms with Gasteiger partial charge < -0.3 is 5.11 Å². The zero-order valence-corrected chi connectivity index (χ0v) is 9.36. The van der Waals surface area contributed by atoms with Crippen LogP contribution in [-0.4, -0.2) is 23.4 Å². The minimum Gasteiger partial charge on any atom is -0.481 e. The molecule has 18 heavy (non-hydrogen) atoms. The second kappa shape index (κ2) is 3.89. The van der Waals surface area contributed by atoms with E-state index in [4.69, 9.17) is 5.11 Å². The van der Waals surface area contributed by atoms with Crippen LogP contribution in [0.25, 0.3) is 0 Å². The van der Waals surface area contributed by atoms with Gasteiger partial charge in [-0.1, -0.05) is 11.6 Å². The molecule has 1 rings (SSSR count). The van der Waals surface area contributed by atoms with Gasteiger partial charge in [-0.2, -0.15) is 26.3 Å². The predicted molar refractivity (Wildman–Crippen MR) is 48.6 cm³/mol. The lowest BCUT2D eigenvalue weighted by molar-refractivity contribution is -0.308. The zero-order valence-electron chi connectivity index (χ0n) is 9.36. The van der Waals surface area contributed by atoms with Crippen LogP contribution in [0.5, 0.6) is 0 Å². The van der Waals surface area contributed by atoms with Crippen molar-refractivity contribution < 1.29 is 36.2 Å². The highest BCUT2D eigenvalue weighted by atomic mass is 19.4. The molecule has 1 saturated carbocycles. The normalized spacial score (nSPS) is 26.7. The van der Waals surface area contributed by atoms with Gasteiger partial charge in [-0.25, -0.2) is 0 Å². The Bertz CT molecular complexity index is 374. The first-order chi connectivity index (χ1) is 7.87. The van der Waals surface area contributed by atoms with Crippen molar-refractivity contribution in [3.8, 4) is 0 Å². The molecule has 0 radical (unpaired) electrons. The predicted octanol–water partition coefficient (Wildman–Crippen LogP) is 3.39. The monoisotopic (exact) mass is 276 g/mol. The van der Waals surface area contributed by atoms with Crippen LogP contribution in [0.1, 0.15) is 13.8 Å². The maximum Gasteiger partial charge on any atom is 0.404 e. The van der Waals surface area contributed by atoms with E-state index in [0.717, 1.165) is 6.08 Å². The van der Waals surface area contributed by atoms with Crippen molar-refractivity contribution in [1.29, 1.82) is 0 Å². The van der Waals surface area contributed by atoms with E-state index in [-0.39, 0.29) is 5.57 Å². The summed E-state index contributed by atoms with van der Waals surface area (Å²) in [4.78, 5) is 10.6. The number of alkyl halides is 6. The average molecular weight is 276 g/mol. The number of aliphatic carboxylic acids is 1. The van der Waals surface area contributed by atoms with Crippen LogP contribution in [0.15, 0.2) is 11.6 Å². The molecular weight excluding hydrogens is 266 g/mol. The molecule has 0 spiro atoms. The molecule has 2 atom stereocenters. The number of rotatable bonds is 2. The molecule has 1 N–H and O–H groups in total. The van der Waals surface area contributed by atoms with Gasteiger partial charge in [-0.3, -0.25) is 4.79 Å². The van der Waals surface area contributed by atoms with E-state index in [0.29, 0.717) is 0 Å². The van der Waals surface area contributed by atoms with Crippen LogP contribution in [-0.2, 0) is 4.79 Å². The molecule has 0 aromatic heterocycles. The lowest BCUT2D eigenvalue weighted by Gasteiger charge is -2.24. The quantitative estimate of drug-likeness (QED) is 0.620. The molecule has 104 valence electrons. The van der Waals surface area contributed by atoms with Crippen molar-refractivity contribution in [3.63, 3.8) is 0 Å². The van der Waals surface area contributed by atoms with E-state index < -0.39 is 35.6 Å². The molecule has 2 unspecified atom stereocenters. The lowest BCUT2D eigenvalue weighted by Crippen LogP contribution is -2.42. The van der Waals surface area contributed by atoms with Crippen molar-refractivity contribution in [1.82, 2.24) is 0 Å². The van der Waals surface area contributed by atoms with E-state index in [9.17, 15) is 31.1 Å². The van der Waals surface area contributed by atoms with Crippen molar-refractivity contribution in [2.45, 2.75) is 26.2 Å². The molecule has 0 aromatic rings. The maximum atomic E-state index is 12.7. The third kappa shape index (κ3) is 1.87. The molecule has 2 nitrogen and oxygen atoms in total. The molecule has 1 aliphatic rings. The Labute approximate surface area is 98.3 Å². The maximum absolute atomic E-state index is 12.7. The zero-order chi connectivity index (χ0) is 14.5. The molecule has 0 bridgehead atoms. The Hall–Kier alpha value is -1.21. The Morgan fingerprint density at radius 1 is 1.11 bits per heavy atom. The summed E-state index contributed by atoms with van der Waals surface area (Å²) in [5.74, 6) is -6.69. The smallest absolute Gasteiger partial charge is 0.404 e.